The number of para-hydroxylation sites is 1. The molecule has 3 heterocycles. The molecule has 0 bridgehead atoms. The summed E-state index contributed by atoms with van der Waals surface area (Å²) in [5.74, 6) is 1.94. The van der Waals surface area contributed by atoms with Crippen LogP contribution in [0.25, 0.3) is 26.6 Å². The monoisotopic (exact) mass is 322 g/mol. The lowest BCUT2D eigenvalue weighted by Gasteiger charge is -2.00. The Bertz CT molecular complexity index is 994. The second kappa shape index (κ2) is 4.76. The Labute approximate surface area is 136 Å². The minimum absolute atomic E-state index is 0.479. The molecule has 23 heavy (non-hydrogen) atoms. The number of fused-ring (bicyclic) bond motifs is 1. The molecule has 0 amide bonds. The van der Waals surface area contributed by atoms with Crippen molar-refractivity contribution in [3.05, 3.63) is 48.0 Å². The van der Waals surface area contributed by atoms with Crippen LogP contribution in [0.4, 0.5) is 0 Å². The highest BCUT2D eigenvalue weighted by Crippen LogP contribution is 2.41. The third kappa shape index (κ3) is 2.09. The van der Waals surface area contributed by atoms with Crippen LogP contribution >= 0.6 is 11.3 Å². The summed E-state index contributed by atoms with van der Waals surface area (Å²) in [6.45, 7) is 2.03. The van der Waals surface area contributed by atoms with Gasteiger partial charge in [0.25, 0.3) is 0 Å². The van der Waals surface area contributed by atoms with Crippen molar-refractivity contribution in [3.63, 3.8) is 0 Å². The zero-order valence-electron chi connectivity index (χ0n) is 12.6. The van der Waals surface area contributed by atoms with Crippen LogP contribution in [0.1, 0.15) is 30.3 Å². The summed E-state index contributed by atoms with van der Waals surface area (Å²) in [5, 5.41) is 9.96. The maximum Gasteiger partial charge on any atom is 0.230 e. The Hall–Kier alpha value is -2.47. The van der Waals surface area contributed by atoms with E-state index in [4.69, 9.17) is 4.52 Å². The maximum atomic E-state index is 5.38. The molecule has 0 unspecified atom stereocenters. The first-order valence-electron chi connectivity index (χ1n) is 7.68. The fourth-order valence-electron chi connectivity index (χ4n) is 2.73. The molecule has 1 aliphatic rings. The van der Waals surface area contributed by atoms with Gasteiger partial charge >= 0.3 is 0 Å². The van der Waals surface area contributed by atoms with E-state index in [2.05, 4.69) is 33.4 Å². The SMILES string of the molecule is Cc1nn(-c2ccccc2)c2sc(-c3noc(C4CC4)n3)cc12. The average Bonchev–Trinajstić information content (AvgIpc) is 3.04. The number of rotatable bonds is 3. The highest BCUT2D eigenvalue weighted by molar-refractivity contribution is 7.21. The quantitative estimate of drug-likeness (QED) is 0.563. The Kier molecular flexibility index (Phi) is 2.69. The van der Waals surface area contributed by atoms with E-state index in [0.717, 1.165) is 45.2 Å². The summed E-state index contributed by atoms with van der Waals surface area (Å²) in [4.78, 5) is 6.69. The second-order valence-corrected chi connectivity index (χ2v) is 6.92. The van der Waals surface area contributed by atoms with E-state index in [1.807, 2.05) is 29.8 Å². The smallest absolute Gasteiger partial charge is 0.230 e. The predicted octanol–water partition coefficient (Wildman–Crippen LogP) is 4.32. The van der Waals surface area contributed by atoms with E-state index in [-0.39, 0.29) is 0 Å². The van der Waals surface area contributed by atoms with Crippen molar-refractivity contribution >= 4 is 21.6 Å². The Balaban J connectivity index is 1.64. The largest absolute Gasteiger partial charge is 0.339 e. The number of benzene rings is 1. The Morgan fingerprint density at radius 1 is 1.22 bits per heavy atom. The van der Waals surface area contributed by atoms with Crippen LogP contribution in [-0.2, 0) is 0 Å². The highest BCUT2D eigenvalue weighted by Gasteiger charge is 2.30. The first kappa shape index (κ1) is 13.0. The molecule has 4 aromatic rings. The molecule has 0 saturated heterocycles. The fourth-order valence-corrected chi connectivity index (χ4v) is 3.84. The Morgan fingerprint density at radius 3 is 2.83 bits per heavy atom. The molecule has 0 N–H and O–H groups in total. The summed E-state index contributed by atoms with van der Waals surface area (Å²) < 4.78 is 7.37. The van der Waals surface area contributed by atoms with Crippen molar-refractivity contribution in [3.8, 4) is 16.4 Å². The van der Waals surface area contributed by atoms with Crippen molar-refractivity contribution in [2.24, 2.45) is 0 Å². The standard InChI is InChI=1S/C17H14N4OS/c1-10-13-9-14(15-18-16(22-20-15)11-7-8-11)23-17(13)21(19-10)12-5-3-2-4-6-12/h2-6,9,11H,7-8H2,1H3. The second-order valence-electron chi connectivity index (χ2n) is 5.89. The first-order chi connectivity index (χ1) is 11.3. The third-order valence-electron chi connectivity index (χ3n) is 4.13. The van der Waals surface area contributed by atoms with Crippen LogP contribution in [0, 0.1) is 6.92 Å². The first-order valence-corrected chi connectivity index (χ1v) is 8.50. The van der Waals surface area contributed by atoms with Gasteiger partial charge in [0.05, 0.1) is 16.3 Å². The lowest BCUT2D eigenvalue weighted by Crippen LogP contribution is -1.94. The predicted molar refractivity (Wildman–Crippen MR) is 89.0 cm³/mol. The molecular weight excluding hydrogens is 308 g/mol. The van der Waals surface area contributed by atoms with Crippen LogP contribution in [0.15, 0.2) is 40.9 Å². The number of hydrogen-bond donors (Lipinski definition) is 0. The van der Waals surface area contributed by atoms with Crippen molar-refractivity contribution in [1.29, 1.82) is 0 Å². The molecule has 3 aromatic heterocycles. The third-order valence-corrected chi connectivity index (χ3v) is 5.24. The lowest BCUT2D eigenvalue weighted by atomic mass is 10.3. The van der Waals surface area contributed by atoms with Gasteiger partial charge in [-0.2, -0.15) is 10.1 Å². The van der Waals surface area contributed by atoms with Gasteiger partial charge in [0.2, 0.25) is 11.7 Å². The number of aromatic nitrogens is 4. The number of thiophene rings is 1. The zero-order valence-corrected chi connectivity index (χ0v) is 13.4. The molecule has 114 valence electrons. The minimum Gasteiger partial charge on any atom is -0.339 e. The van der Waals surface area contributed by atoms with Gasteiger partial charge in [-0.25, -0.2) is 4.68 Å². The van der Waals surface area contributed by atoms with Crippen LogP contribution in [0.3, 0.4) is 0 Å². The molecule has 0 aliphatic heterocycles. The summed E-state index contributed by atoms with van der Waals surface area (Å²) in [6.07, 6.45) is 2.33. The summed E-state index contributed by atoms with van der Waals surface area (Å²) in [6, 6.07) is 12.3. The average molecular weight is 322 g/mol. The summed E-state index contributed by atoms with van der Waals surface area (Å²) in [5.41, 5.74) is 2.07. The van der Waals surface area contributed by atoms with E-state index in [0.29, 0.717) is 11.7 Å². The fraction of sp³-hybridized carbons (Fsp3) is 0.235. The highest BCUT2D eigenvalue weighted by atomic mass is 32.1. The summed E-state index contributed by atoms with van der Waals surface area (Å²) in [7, 11) is 0. The van der Waals surface area contributed by atoms with Gasteiger partial charge in [-0.1, -0.05) is 23.4 Å². The van der Waals surface area contributed by atoms with Gasteiger partial charge in [0.1, 0.15) is 4.83 Å². The molecule has 1 aromatic carbocycles. The number of aryl methyl sites for hydroxylation is 1. The zero-order chi connectivity index (χ0) is 15.4. The molecule has 0 atom stereocenters. The van der Waals surface area contributed by atoms with Crippen molar-refractivity contribution in [1.82, 2.24) is 19.9 Å². The van der Waals surface area contributed by atoms with Crippen molar-refractivity contribution < 1.29 is 4.52 Å². The molecule has 0 radical (unpaired) electrons. The van der Waals surface area contributed by atoms with Crippen LogP contribution in [0.2, 0.25) is 0 Å². The van der Waals surface area contributed by atoms with E-state index in [9.17, 15) is 0 Å². The van der Waals surface area contributed by atoms with Crippen LogP contribution in [-0.4, -0.2) is 19.9 Å². The van der Waals surface area contributed by atoms with E-state index < -0.39 is 0 Å². The molecule has 0 spiro atoms. The molecule has 5 rings (SSSR count). The van der Waals surface area contributed by atoms with Gasteiger partial charge < -0.3 is 4.52 Å². The molecule has 1 aliphatic carbocycles. The number of hydrogen-bond acceptors (Lipinski definition) is 5. The minimum atomic E-state index is 0.479. The van der Waals surface area contributed by atoms with E-state index in [1.165, 1.54) is 0 Å². The summed E-state index contributed by atoms with van der Waals surface area (Å²) >= 11 is 1.65. The normalized spacial score (nSPS) is 14.7. The van der Waals surface area contributed by atoms with Gasteiger partial charge in [0, 0.05) is 11.3 Å². The van der Waals surface area contributed by atoms with Crippen molar-refractivity contribution in [2.75, 3.05) is 0 Å². The van der Waals surface area contributed by atoms with Gasteiger partial charge in [-0.3, -0.25) is 0 Å². The lowest BCUT2D eigenvalue weighted by molar-refractivity contribution is 0.380. The van der Waals surface area contributed by atoms with Gasteiger partial charge in [0.15, 0.2) is 0 Å². The topological polar surface area (TPSA) is 56.7 Å². The van der Waals surface area contributed by atoms with Gasteiger partial charge in [-0.15, -0.1) is 11.3 Å². The molecular formula is C17H14N4OS. The van der Waals surface area contributed by atoms with Crippen LogP contribution in [0.5, 0.6) is 0 Å². The van der Waals surface area contributed by atoms with Crippen LogP contribution < -0.4 is 0 Å². The van der Waals surface area contributed by atoms with Crippen molar-refractivity contribution in [2.45, 2.75) is 25.7 Å². The molecule has 6 heteroatoms. The van der Waals surface area contributed by atoms with E-state index in [1.54, 1.807) is 11.3 Å². The van der Waals surface area contributed by atoms with Gasteiger partial charge in [-0.05, 0) is 38.0 Å². The molecule has 1 fully saturated rings. The number of nitrogens with zero attached hydrogens (tertiary/aromatic N) is 4. The Morgan fingerprint density at radius 2 is 2.04 bits per heavy atom. The van der Waals surface area contributed by atoms with E-state index >= 15 is 0 Å². The molecule has 5 nitrogen and oxygen atoms in total. The molecule has 1 saturated carbocycles. The maximum absolute atomic E-state index is 5.38.